The molecule has 0 amide bonds. The van der Waals surface area contributed by atoms with Crippen LogP contribution in [0.1, 0.15) is 0 Å². The van der Waals surface area contributed by atoms with Gasteiger partial charge in [-0.3, -0.25) is 0 Å². The number of benzene rings is 16. The molecule has 2 heterocycles. The van der Waals surface area contributed by atoms with Crippen molar-refractivity contribution in [3.05, 3.63) is 364 Å². The van der Waals surface area contributed by atoms with Crippen LogP contribution in [0.3, 0.4) is 0 Å². The summed E-state index contributed by atoms with van der Waals surface area (Å²) in [5.74, 6) is 0. The summed E-state index contributed by atoms with van der Waals surface area (Å²) in [6, 6.07) is 133. The number of hydrogen-bond acceptors (Lipinski definition) is 2. The van der Waals surface area contributed by atoms with Gasteiger partial charge in [0, 0.05) is 67.0 Å². The van der Waals surface area contributed by atoms with E-state index in [4.69, 9.17) is 0 Å². The van der Waals surface area contributed by atoms with E-state index >= 15 is 0 Å². The summed E-state index contributed by atoms with van der Waals surface area (Å²) in [5.41, 5.74) is 23.0. The van der Waals surface area contributed by atoms with Crippen LogP contribution < -0.4 is 9.80 Å². The molecule has 0 fully saturated rings. The lowest BCUT2D eigenvalue weighted by Crippen LogP contribution is -2.10. The zero-order chi connectivity index (χ0) is 62.1. The molecule has 0 atom stereocenters. The molecule has 0 radical (unpaired) electrons. The molecular formula is C90H60N4. The Kier molecular flexibility index (Phi) is 13.2. The van der Waals surface area contributed by atoms with Crippen molar-refractivity contribution in [3.63, 3.8) is 0 Å². The summed E-state index contributed by atoms with van der Waals surface area (Å²) in [7, 11) is 0. The number of rotatable bonds is 12. The quantitative estimate of drug-likeness (QED) is 0.121. The van der Waals surface area contributed by atoms with Crippen LogP contribution >= 0.6 is 0 Å². The normalized spacial score (nSPS) is 11.6. The predicted molar refractivity (Wildman–Crippen MR) is 399 cm³/mol. The van der Waals surface area contributed by atoms with Crippen LogP contribution in [0.4, 0.5) is 34.1 Å². The average Bonchev–Trinajstić information content (AvgIpc) is 1.45. The highest BCUT2D eigenvalue weighted by Gasteiger charge is 2.22. The van der Waals surface area contributed by atoms with Gasteiger partial charge in [0.05, 0.1) is 22.1 Å². The van der Waals surface area contributed by atoms with Crippen molar-refractivity contribution in [2.45, 2.75) is 0 Å². The molecule has 16 aromatic carbocycles. The lowest BCUT2D eigenvalue weighted by atomic mass is 9.88. The minimum absolute atomic E-state index is 1.07. The molecule has 0 N–H and O–H groups in total. The van der Waals surface area contributed by atoms with Crippen LogP contribution in [0.25, 0.3) is 132 Å². The number of aromatic nitrogens is 2. The Morgan fingerprint density at radius 1 is 0.170 bits per heavy atom. The van der Waals surface area contributed by atoms with E-state index in [-0.39, 0.29) is 0 Å². The van der Waals surface area contributed by atoms with Crippen LogP contribution in [0.15, 0.2) is 364 Å². The fraction of sp³-hybridized carbons (Fsp3) is 0. The SMILES string of the molecule is c1ccc(N(c2ccc(-c3ccc(N(c4ccccc4)c4ccc5c(c4)c4ccccc4n5-c4cccc(-c5ccc6c(-c7cccc8ccccc78)cc(-c7cccc8ccccc78)cc6c5)c4)cc3)cc2)c2ccc3c(c2)c2ccccc2n3-c2ccccc2)cc1. The molecule has 18 rings (SSSR count). The monoisotopic (exact) mass is 1200 g/mol. The van der Waals surface area contributed by atoms with Gasteiger partial charge in [-0.15, -0.1) is 0 Å². The Morgan fingerprint density at radius 2 is 0.553 bits per heavy atom. The smallest absolute Gasteiger partial charge is 0.0542 e. The Bertz CT molecular complexity index is 5900. The topological polar surface area (TPSA) is 16.3 Å². The van der Waals surface area contributed by atoms with Gasteiger partial charge < -0.3 is 18.9 Å². The maximum absolute atomic E-state index is 2.44. The zero-order valence-corrected chi connectivity index (χ0v) is 51.4. The summed E-state index contributed by atoms with van der Waals surface area (Å²) in [4.78, 5) is 4.74. The second-order valence-corrected chi connectivity index (χ2v) is 24.4. The summed E-state index contributed by atoms with van der Waals surface area (Å²) >= 11 is 0. The molecule has 0 aliphatic rings. The van der Waals surface area contributed by atoms with E-state index in [9.17, 15) is 0 Å². The van der Waals surface area contributed by atoms with Gasteiger partial charge in [0.15, 0.2) is 0 Å². The van der Waals surface area contributed by atoms with Crippen LogP contribution in [0.2, 0.25) is 0 Å². The maximum Gasteiger partial charge on any atom is 0.0542 e. The molecule has 18 aromatic rings. The fourth-order valence-electron chi connectivity index (χ4n) is 14.7. The Hall–Kier alpha value is -12.5. The Balaban J connectivity index is 0.685. The standard InChI is InChI=1S/C90H60N4/c1-4-26-69(27-5-1)91(75-50-53-89-85(59-75)82-35-14-16-39-87(82)93(89)71-30-8-3-9-31-71)72-46-41-61(42-47-72)62-43-48-73(49-44-62)92(70-28-6-2-7-29-70)76-51-54-90-86(60-76)83-36-15-17-40-88(83)94(90)74-32-18-25-65(57-74)66-45-52-80-67(55-66)56-68(79-37-19-23-63-21-10-12-33-77(63)79)58-84(80)81-38-20-24-64-22-11-13-34-78(64)81/h1-60H. The van der Waals surface area contributed by atoms with Crippen molar-refractivity contribution in [2.24, 2.45) is 0 Å². The van der Waals surface area contributed by atoms with E-state index in [1.807, 2.05) is 0 Å². The fourth-order valence-corrected chi connectivity index (χ4v) is 14.7. The van der Waals surface area contributed by atoms with Crippen LogP contribution in [0.5, 0.6) is 0 Å². The second-order valence-electron chi connectivity index (χ2n) is 24.4. The van der Waals surface area contributed by atoms with Crippen LogP contribution in [-0.4, -0.2) is 9.13 Å². The number of nitrogens with zero attached hydrogens (tertiary/aromatic N) is 4. The summed E-state index contributed by atoms with van der Waals surface area (Å²) < 4.78 is 4.81. The highest BCUT2D eigenvalue weighted by molar-refractivity contribution is 6.13. The number of para-hydroxylation sites is 5. The first-order valence-electron chi connectivity index (χ1n) is 32.3. The van der Waals surface area contributed by atoms with Gasteiger partial charge in [0.25, 0.3) is 0 Å². The summed E-state index contributed by atoms with van der Waals surface area (Å²) in [6.45, 7) is 0. The van der Waals surface area contributed by atoms with Crippen molar-refractivity contribution < 1.29 is 0 Å². The Morgan fingerprint density at radius 3 is 1.13 bits per heavy atom. The van der Waals surface area contributed by atoms with E-state index in [0.29, 0.717) is 0 Å². The van der Waals surface area contributed by atoms with Gasteiger partial charge in [0.2, 0.25) is 0 Å². The van der Waals surface area contributed by atoms with Gasteiger partial charge >= 0.3 is 0 Å². The first-order chi connectivity index (χ1) is 46.6. The predicted octanol–water partition coefficient (Wildman–Crippen LogP) is 24.9. The average molecular weight is 1200 g/mol. The van der Waals surface area contributed by atoms with Crippen molar-refractivity contribution in [1.82, 2.24) is 9.13 Å². The molecule has 4 heteroatoms. The molecule has 440 valence electrons. The third-order valence-corrected chi connectivity index (χ3v) is 19.0. The minimum Gasteiger partial charge on any atom is -0.310 e. The molecule has 0 spiro atoms. The first kappa shape index (κ1) is 54.4. The van der Waals surface area contributed by atoms with Crippen molar-refractivity contribution in [3.8, 4) is 55.9 Å². The molecule has 0 unspecified atom stereocenters. The Labute approximate surface area is 545 Å². The number of hydrogen-bond donors (Lipinski definition) is 0. The number of anilines is 6. The van der Waals surface area contributed by atoms with E-state index < -0.39 is 0 Å². The van der Waals surface area contributed by atoms with Gasteiger partial charge in [-0.05, 0) is 216 Å². The van der Waals surface area contributed by atoms with Gasteiger partial charge in [-0.2, -0.15) is 0 Å². The van der Waals surface area contributed by atoms with E-state index in [2.05, 4.69) is 383 Å². The maximum atomic E-state index is 2.44. The third kappa shape index (κ3) is 9.38. The molecule has 0 saturated carbocycles. The lowest BCUT2D eigenvalue weighted by molar-refractivity contribution is 1.18. The first-order valence-corrected chi connectivity index (χ1v) is 32.3. The molecule has 94 heavy (non-hydrogen) atoms. The molecule has 0 aliphatic carbocycles. The molecule has 0 bridgehead atoms. The van der Waals surface area contributed by atoms with Crippen LogP contribution in [0, 0.1) is 0 Å². The van der Waals surface area contributed by atoms with Gasteiger partial charge in [0.1, 0.15) is 0 Å². The van der Waals surface area contributed by atoms with E-state index in [1.54, 1.807) is 0 Å². The number of fused-ring (bicyclic) bond motifs is 9. The van der Waals surface area contributed by atoms with Crippen LogP contribution in [-0.2, 0) is 0 Å². The van der Waals surface area contributed by atoms with Crippen molar-refractivity contribution in [2.75, 3.05) is 9.80 Å². The molecular weight excluding hydrogens is 1140 g/mol. The van der Waals surface area contributed by atoms with Crippen molar-refractivity contribution >= 4 is 110 Å². The molecule has 0 aliphatic heterocycles. The largest absolute Gasteiger partial charge is 0.310 e. The molecule has 2 aromatic heterocycles. The zero-order valence-electron chi connectivity index (χ0n) is 51.4. The van der Waals surface area contributed by atoms with E-state index in [1.165, 1.54) is 92.7 Å². The lowest BCUT2D eigenvalue weighted by Gasteiger charge is -2.26. The molecule has 0 saturated heterocycles. The van der Waals surface area contributed by atoms with Gasteiger partial charge in [-0.1, -0.05) is 224 Å². The summed E-state index contributed by atoms with van der Waals surface area (Å²) in [5, 5.41) is 12.2. The third-order valence-electron chi connectivity index (χ3n) is 19.0. The summed E-state index contributed by atoms with van der Waals surface area (Å²) in [6.07, 6.45) is 0. The van der Waals surface area contributed by atoms with Gasteiger partial charge in [-0.25, -0.2) is 0 Å². The van der Waals surface area contributed by atoms with E-state index in [0.717, 1.165) is 73.2 Å². The highest BCUT2D eigenvalue weighted by Crippen LogP contribution is 2.45. The van der Waals surface area contributed by atoms with Crippen molar-refractivity contribution in [1.29, 1.82) is 0 Å². The highest BCUT2D eigenvalue weighted by atomic mass is 15.1. The minimum atomic E-state index is 1.07. The molecule has 4 nitrogen and oxygen atoms in total. The second kappa shape index (κ2) is 22.8.